The second kappa shape index (κ2) is 21.1. The number of alkyl carbamates (subject to hydrolysis) is 2. The maximum absolute atomic E-state index is 13.7. The van der Waals surface area contributed by atoms with Crippen LogP contribution in [0.2, 0.25) is 0 Å². The van der Waals surface area contributed by atoms with Gasteiger partial charge in [0.15, 0.2) is 6.79 Å². The number of amides is 5. The maximum atomic E-state index is 13.7. The minimum Gasteiger partial charge on any atom is -0.497 e. The number of likely N-dealkylation sites (tertiary alicyclic amines) is 1. The Morgan fingerprint density at radius 3 is 2.12 bits per heavy atom. The summed E-state index contributed by atoms with van der Waals surface area (Å²) in [5.74, 6) is -2.30. The lowest BCUT2D eigenvalue weighted by molar-refractivity contribution is -0.125. The number of aliphatic hydroxyl groups is 2. The van der Waals surface area contributed by atoms with Crippen LogP contribution in [0.1, 0.15) is 11.1 Å². The van der Waals surface area contributed by atoms with Crippen LogP contribution in [-0.4, -0.2) is 179 Å². The fraction of sp³-hybridized carbons (Fsp3) is 0.590. The Morgan fingerprint density at radius 1 is 0.850 bits per heavy atom. The minimum absolute atomic E-state index is 0.0330. The molecule has 0 bridgehead atoms. The quantitative estimate of drug-likeness (QED) is 0.0510. The summed E-state index contributed by atoms with van der Waals surface area (Å²) >= 11 is 0. The predicted molar refractivity (Wildman–Crippen MR) is 207 cm³/mol. The van der Waals surface area contributed by atoms with E-state index in [4.69, 9.17) is 28.4 Å². The van der Waals surface area contributed by atoms with Gasteiger partial charge in [-0.25, -0.2) is 23.2 Å². The Bertz CT molecular complexity index is 1730. The third kappa shape index (κ3) is 12.3. The SMILES string of the molecule is COc1ccc(C[C@H]2NC[C@H](OCOc3ccc(C[C@H]4NC[C@H](O)[C@H]4OC(=O)NCCOCCN4C(=O)CNC4=O)cc3)[C@H]2OC(=O)NCCN2CC(O)C(F)(F)C2)cc1. The Kier molecular flexibility index (Phi) is 15.7. The molecule has 60 heavy (non-hydrogen) atoms. The third-order valence-corrected chi connectivity index (χ3v) is 10.7. The lowest BCUT2D eigenvalue weighted by Gasteiger charge is -2.25. The monoisotopic (exact) mass is 849 g/mol. The lowest BCUT2D eigenvalue weighted by Crippen LogP contribution is -2.43. The van der Waals surface area contributed by atoms with Crippen LogP contribution in [-0.2, 0) is 36.6 Å². The molecule has 0 radical (unpaired) electrons. The predicted octanol–water partition coefficient (Wildman–Crippen LogP) is -0.424. The number of nitrogens with zero attached hydrogens (tertiary/aromatic N) is 2. The van der Waals surface area contributed by atoms with Crippen molar-refractivity contribution in [2.24, 2.45) is 0 Å². The van der Waals surface area contributed by atoms with Gasteiger partial charge in [0, 0.05) is 39.3 Å². The van der Waals surface area contributed by atoms with Crippen LogP contribution in [0, 0.1) is 0 Å². The van der Waals surface area contributed by atoms with Crippen molar-refractivity contribution in [2.75, 3.05) is 86.0 Å². The van der Waals surface area contributed by atoms with E-state index in [0.29, 0.717) is 30.9 Å². The van der Waals surface area contributed by atoms with Crippen molar-refractivity contribution in [1.82, 2.24) is 36.4 Å². The van der Waals surface area contributed by atoms with Gasteiger partial charge in [0.25, 0.3) is 5.92 Å². The summed E-state index contributed by atoms with van der Waals surface area (Å²) in [5, 5.41) is 34.3. The molecule has 1 unspecified atom stereocenters. The largest absolute Gasteiger partial charge is 0.497 e. The van der Waals surface area contributed by atoms with E-state index in [2.05, 4.69) is 26.6 Å². The van der Waals surface area contributed by atoms with E-state index in [-0.39, 0.29) is 83.8 Å². The van der Waals surface area contributed by atoms with Crippen molar-refractivity contribution in [3.05, 3.63) is 59.7 Å². The zero-order chi connectivity index (χ0) is 42.6. The first kappa shape index (κ1) is 44.6. The molecule has 0 aliphatic carbocycles. The molecular formula is C39H53F2N7O12. The summed E-state index contributed by atoms with van der Waals surface area (Å²) in [6.45, 7) is 0.259. The van der Waals surface area contributed by atoms with E-state index in [1.165, 1.54) is 4.90 Å². The number of hydrogen-bond donors (Lipinski definition) is 7. The molecule has 7 N–H and O–H groups in total. The molecule has 4 saturated heterocycles. The fourth-order valence-electron chi connectivity index (χ4n) is 7.39. The number of aliphatic hydroxyl groups excluding tert-OH is 2. The molecule has 2 aromatic carbocycles. The van der Waals surface area contributed by atoms with E-state index < -0.39 is 61.2 Å². The summed E-state index contributed by atoms with van der Waals surface area (Å²) < 4.78 is 61.4. The molecule has 4 heterocycles. The Morgan fingerprint density at radius 2 is 1.48 bits per heavy atom. The molecule has 4 aliphatic heterocycles. The molecule has 6 rings (SSSR count). The molecule has 4 fully saturated rings. The Hall–Kier alpha value is -4.90. The van der Waals surface area contributed by atoms with E-state index in [9.17, 15) is 38.2 Å². The van der Waals surface area contributed by atoms with Gasteiger partial charge in [-0.05, 0) is 48.2 Å². The van der Waals surface area contributed by atoms with Crippen LogP contribution in [0.25, 0.3) is 0 Å². The highest BCUT2D eigenvalue weighted by Crippen LogP contribution is 2.27. The van der Waals surface area contributed by atoms with Crippen LogP contribution in [0.5, 0.6) is 11.5 Å². The number of hydrogen-bond acceptors (Lipinski definition) is 15. The van der Waals surface area contributed by atoms with Gasteiger partial charge in [0.05, 0.1) is 52.0 Å². The minimum atomic E-state index is -3.19. The fourth-order valence-corrected chi connectivity index (χ4v) is 7.39. The average Bonchev–Trinajstić information content (AvgIpc) is 3.94. The second-order valence-electron chi connectivity index (χ2n) is 14.9. The molecular weight excluding hydrogens is 796 g/mol. The van der Waals surface area contributed by atoms with Crippen molar-refractivity contribution in [1.29, 1.82) is 0 Å². The highest BCUT2D eigenvalue weighted by atomic mass is 19.3. The van der Waals surface area contributed by atoms with E-state index in [1.807, 2.05) is 36.4 Å². The van der Waals surface area contributed by atoms with Gasteiger partial charge in [0.1, 0.15) is 42.0 Å². The molecule has 19 nitrogen and oxygen atoms in total. The lowest BCUT2D eigenvalue weighted by atomic mass is 10.0. The summed E-state index contributed by atoms with van der Waals surface area (Å²) in [5.41, 5.74) is 1.86. The van der Waals surface area contributed by atoms with Crippen molar-refractivity contribution in [3.8, 4) is 11.5 Å². The van der Waals surface area contributed by atoms with Crippen molar-refractivity contribution in [3.63, 3.8) is 0 Å². The first-order chi connectivity index (χ1) is 28.9. The molecule has 4 aliphatic rings. The third-order valence-electron chi connectivity index (χ3n) is 10.7. The van der Waals surface area contributed by atoms with Crippen LogP contribution in [0.3, 0.4) is 0 Å². The highest BCUT2D eigenvalue weighted by molar-refractivity contribution is 6.01. The smallest absolute Gasteiger partial charge is 0.407 e. The summed E-state index contributed by atoms with van der Waals surface area (Å²) in [6.07, 6.45) is -5.28. The maximum Gasteiger partial charge on any atom is 0.407 e. The number of β-amino-alcohol motifs (C(OH)–C–C–N with tert-alkyl or cyclic N) is 2. The Labute approximate surface area is 345 Å². The van der Waals surface area contributed by atoms with Gasteiger partial charge >= 0.3 is 18.2 Å². The first-order valence-electron chi connectivity index (χ1n) is 19.8. The summed E-state index contributed by atoms with van der Waals surface area (Å²) in [7, 11) is 1.58. The van der Waals surface area contributed by atoms with Crippen LogP contribution in [0.15, 0.2) is 48.5 Å². The molecule has 5 amide bonds. The number of ether oxygens (including phenoxy) is 6. The number of rotatable bonds is 20. The number of urea groups is 1. The normalized spacial score (nSPS) is 26.2. The average molecular weight is 850 g/mol. The molecule has 330 valence electrons. The number of alkyl halides is 2. The van der Waals surface area contributed by atoms with Crippen molar-refractivity contribution in [2.45, 2.75) is 61.4 Å². The number of benzene rings is 2. The van der Waals surface area contributed by atoms with E-state index in [1.54, 1.807) is 19.2 Å². The molecule has 7 atom stereocenters. The van der Waals surface area contributed by atoms with Crippen molar-refractivity contribution >= 4 is 24.1 Å². The van der Waals surface area contributed by atoms with Gasteiger partial charge in [-0.15, -0.1) is 0 Å². The second-order valence-corrected chi connectivity index (χ2v) is 14.9. The van der Waals surface area contributed by atoms with E-state index in [0.717, 1.165) is 16.0 Å². The van der Waals surface area contributed by atoms with Crippen LogP contribution >= 0.6 is 0 Å². The van der Waals surface area contributed by atoms with Crippen molar-refractivity contribution < 1.29 is 66.6 Å². The van der Waals surface area contributed by atoms with Gasteiger partial charge in [-0.2, -0.15) is 0 Å². The van der Waals surface area contributed by atoms with Gasteiger partial charge in [-0.1, -0.05) is 24.3 Å². The van der Waals surface area contributed by atoms with Crippen LogP contribution in [0.4, 0.5) is 23.2 Å². The number of methoxy groups -OCH3 is 1. The summed E-state index contributed by atoms with van der Waals surface area (Å²) in [4.78, 5) is 51.0. The van der Waals surface area contributed by atoms with Crippen LogP contribution < -0.4 is 36.1 Å². The number of carbonyl (C=O) groups excluding carboxylic acids is 4. The molecule has 0 aromatic heterocycles. The standard InChI is InChI=1S/C39H53F2N7O12/c1-55-26-6-2-24(3-7-26)17-29-35(60-37(53)42-10-12-47-21-32(50)39(40,41)22-47)31(19-45-29)58-23-57-27-8-4-25(5-9-27)16-28-34(30(49)18-44-28)59-38(54)43-11-14-56-15-13-48-33(51)20-46-36(48)52/h2-9,28-32,34-35,44-45,49-50H,10-23H2,1H3,(H,42,53)(H,43,54)(H,46,52)/t28-,29-,30+,31+,32?,34+,35+/m1/s1. The van der Waals surface area contributed by atoms with Gasteiger partial charge < -0.3 is 65.2 Å². The molecule has 2 aromatic rings. The number of carbonyl (C=O) groups is 4. The zero-order valence-corrected chi connectivity index (χ0v) is 33.2. The topological polar surface area (TPSA) is 231 Å². The first-order valence-corrected chi connectivity index (χ1v) is 19.8. The van der Waals surface area contributed by atoms with Gasteiger partial charge in [0.2, 0.25) is 5.91 Å². The van der Waals surface area contributed by atoms with E-state index >= 15 is 0 Å². The number of halogens is 2. The molecule has 21 heteroatoms. The summed E-state index contributed by atoms with van der Waals surface area (Å²) in [6, 6.07) is 13.6. The zero-order valence-electron chi connectivity index (χ0n) is 33.2. The molecule has 0 spiro atoms. The highest BCUT2D eigenvalue weighted by Gasteiger charge is 2.47. The Balaban J connectivity index is 0.932. The molecule has 0 saturated carbocycles. The van der Waals surface area contributed by atoms with Gasteiger partial charge in [-0.3, -0.25) is 14.6 Å². The number of imide groups is 1. The number of nitrogens with one attached hydrogen (secondary N) is 5.